The number of hydrogen-bond acceptors (Lipinski definition) is 2. The summed E-state index contributed by atoms with van der Waals surface area (Å²) in [5.41, 5.74) is 0.499. The van der Waals surface area contributed by atoms with Crippen LogP contribution < -0.4 is 0 Å². The molecule has 64 valence electrons. The molecule has 0 aliphatic rings. The average Bonchev–Trinajstić information content (AvgIpc) is 2.03. The van der Waals surface area contributed by atoms with E-state index in [0.717, 1.165) is 0 Å². The maximum atomic E-state index is 11.6. The van der Waals surface area contributed by atoms with E-state index in [4.69, 9.17) is 0 Å². The Morgan fingerprint density at radius 1 is 1.50 bits per heavy atom. The first kappa shape index (κ1) is 9.39. The summed E-state index contributed by atoms with van der Waals surface area (Å²) < 4.78 is -0.526. The van der Waals surface area contributed by atoms with Gasteiger partial charge >= 0.3 is 0 Å². The van der Waals surface area contributed by atoms with Crippen LogP contribution >= 0.6 is 15.9 Å². The number of ketones is 1. The van der Waals surface area contributed by atoms with Crippen molar-refractivity contribution in [2.24, 2.45) is 0 Å². The largest absolute Gasteiger partial charge is 0.291 e. The average molecular weight is 228 g/mol. The van der Waals surface area contributed by atoms with Gasteiger partial charge in [0.05, 0.1) is 4.32 Å². The molecule has 0 aliphatic heterocycles. The molecule has 1 aromatic heterocycles. The van der Waals surface area contributed by atoms with E-state index in [0.29, 0.717) is 5.69 Å². The minimum atomic E-state index is -0.526. The Balaban J connectivity index is 2.94. The first-order valence-corrected chi connectivity index (χ1v) is 4.46. The molecule has 1 aromatic rings. The highest BCUT2D eigenvalue weighted by Crippen LogP contribution is 2.20. The van der Waals surface area contributed by atoms with E-state index < -0.39 is 4.32 Å². The van der Waals surface area contributed by atoms with E-state index in [1.165, 1.54) is 0 Å². The first-order valence-electron chi connectivity index (χ1n) is 3.66. The predicted molar refractivity (Wildman–Crippen MR) is 51.6 cm³/mol. The summed E-state index contributed by atoms with van der Waals surface area (Å²) in [5.74, 6) is 0.00287. The lowest BCUT2D eigenvalue weighted by atomic mass is 10.1. The number of alkyl halides is 1. The molecule has 0 saturated carbocycles. The van der Waals surface area contributed by atoms with Crippen LogP contribution in [-0.4, -0.2) is 15.1 Å². The number of Topliss-reactive ketones (excluding diaryl/α,β-unsaturated/α-hetero) is 1. The van der Waals surface area contributed by atoms with Crippen molar-refractivity contribution in [3.05, 3.63) is 30.1 Å². The number of carbonyl (C=O) groups is 1. The second kappa shape index (κ2) is 3.35. The maximum Gasteiger partial charge on any atom is 0.197 e. The zero-order valence-electron chi connectivity index (χ0n) is 7.04. The summed E-state index contributed by atoms with van der Waals surface area (Å²) in [5, 5.41) is 0. The highest BCUT2D eigenvalue weighted by molar-refractivity contribution is 9.10. The van der Waals surface area contributed by atoms with Gasteiger partial charge in [0.1, 0.15) is 5.69 Å². The van der Waals surface area contributed by atoms with Crippen LogP contribution in [-0.2, 0) is 0 Å². The van der Waals surface area contributed by atoms with Crippen molar-refractivity contribution in [3.8, 4) is 0 Å². The molecule has 0 bridgehead atoms. The fourth-order valence-electron chi connectivity index (χ4n) is 0.802. The van der Waals surface area contributed by atoms with E-state index in [1.807, 2.05) is 13.8 Å². The molecule has 12 heavy (non-hydrogen) atoms. The van der Waals surface area contributed by atoms with Crippen LogP contribution in [0.15, 0.2) is 24.4 Å². The molecular formula is C9H10BrNO. The molecule has 3 heteroatoms. The Labute approximate surface area is 80.1 Å². The molecule has 0 amide bonds. The minimum absolute atomic E-state index is 0.00287. The molecule has 0 unspecified atom stereocenters. The monoisotopic (exact) mass is 227 g/mol. The lowest BCUT2D eigenvalue weighted by Gasteiger charge is -2.12. The third kappa shape index (κ3) is 2.14. The SMILES string of the molecule is CC(C)(Br)C(=O)c1ccccn1. The van der Waals surface area contributed by atoms with Crippen molar-refractivity contribution in [3.63, 3.8) is 0 Å². The number of pyridine rings is 1. The quantitative estimate of drug-likeness (QED) is 0.574. The number of carbonyl (C=O) groups excluding carboxylic acids is 1. The Hall–Kier alpha value is -0.700. The molecular weight excluding hydrogens is 218 g/mol. The van der Waals surface area contributed by atoms with Gasteiger partial charge in [-0.15, -0.1) is 0 Å². The van der Waals surface area contributed by atoms with Gasteiger partial charge in [-0.25, -0.2) is 0 Å². The molecule has 1 rings (SSSR count). The minimum Gasteiger partial charge on any atom is -0.291 e. The number of halogens is 1. The Morgan fingerprint density at radius 2 is 2.17 bits per heavy atom. The maximum absolute atomic E-state index is 11.6. The molecule has 0 spiro atoms. The van der Waals surface area contributed by atoms with Crippen LogP contribution in [0.4, 0.5) is 0 Å². The molecule has 1 heterocycles. The van der Waals surface area contributed by atoms with Crippen LogP contribution in [0.1, 0.15) is 24.3 Å². The summed E-state index contributed by atoms with van der Waals surface area (Å²) in [6.07, 6.45) is 1.62. The van der Waals surface area contributed by atoms with Gasteiger partial charge in [0, 0.05) is 6.20 Å². The van der Waals surface area contributed by atoms with E-state index in [9.17, 15) is 4.79 Å². The Bertz CT molecular complexity index is 276. The van der Waals surface area contributed by atoms with E-state index >= 15 is 0 Å². The molecule has 0 atom stereocenters. The van der Waals surface area contributed by atoms with Gasteiger partial charge in [-0.2, -0.15) is 0 Å². The smallest absolute Gasteiger partial charge is 0.197 e. The Kier molecular flexibility index (Phi) is 2.62. The third-order valence-corrected chi connectivity index (χ3v) is 1.80. The third-order valence-electron chi connectivity index (χ3n) is 1.44. The van der Waals surface area contributed by atoms with E-state index in [1.54, 1.807) is 24.4 Å². The van der Waals surface area contributed by atoms with Crippen molar-refractivity contribution in [1.29, 1.82) is 0 Å². The topological polar surface area (TPSA) is 30.0 Å². The molecule has 0 aliphatic carbocycles. The summed E-state index contributed by atoms with van der Waals surface area (Å²) in [6.45, 7) is 3.62. The molecule has 0 fully saturated rings. The standard InChI is InChI=1S/C9H10BrNO/c1-9(2,10)8(12)7-5-3-4-6-11-7/h3-6H,1-2H3. The molecule has 0 N–H and O–H groups in total. The van der Waals surface area contributed by atoms with Crippen molar-refractivity contribution >= 4 is 21.7 Å². The number of nitrogens with zero attached hydrogens (tertiary/aromatic N) is 1. The fourth-order valence-corrected chi connectivity index (χ4v) is 1.00. The van der Waals surface area contributed by atoms with Gasteiger partial charge in [0.2, 0.25) is 0 Å². The predicted octanol–water partition coefficient (Wildman–Crippen LogP) is 2.44. The molecule has 2 nitrogen and oxygen atoms in total. The van der Waals surface area contributed by atoms with Crippen molar-refractivity contribution in [1.82, 2.24) is 4.98 Å². The number of hydrogen-bond donors (Lipinski definition) is 0. The van der Waals surface area contributed by atoms with Crippen molar-refractivity contribution in [2.75, 3.05) is 0 Å². The van der Waals surface area contributed by atoms with Crippen molar-refractivity contribution < 1.29 is 4.79 Å². The zero-order chi connectivity index (χ0) is 9.19. The fraction of sp³-hybridized carbons (Fsp3) is 0.333. The molecule has 0 radical (unpaired) electrons. The van der Waals surface area contributed by atoms with Crippen LogP contribution in [0.25, 0.3) is 0 Å². The summed E-state index contributed by atoms with van der Waals surface area (Å²) >= 11 is 3.29. The van der Waals surface area contributed by atoms with Crippen LogP contribution in [0.5, 0.6) is 0 Å². The number of rotatable bonds is 2. The molecule has 0 saturated heterocycles. The van der Waals surface area contributed by atoms with Gasteiger partial charge in [0.15, 0.2) is 5.78 Å². The van der Waals surface area contributed by atoms with Crippen LogP contribution in [0.2, 0.25) is 0 Å². The van der Waals surface area contributed by atoms with E-state index in [-0.39, 0.29) is 5.78 Å². The number of aromatic nitrogens is 1. The zero-order valence-corrected chi connectivity index (χ0v) is 8.63. The van der Waals surface area contributed by atoms with Gasteiger partial charge in [-0.05, 0) is 26.0 Å². The normalized spacial score (nSPS) is 11.2. The summed E-state index contributed by atoms with van der Waals surface area (Å²) in [6, 6.07) is 5.31. The van der Waals surface area contributed by atoms with Crippen LogP contribution in [0, 0.1) is 0 Å². The summed E-state index contributed by atoms with van der Waals surface area (Å²) in [4.78, 5) is 15.5. The summed E-state index contributed by atoms with van der Waals surface area (Å²) in [7, 11) is 0. The van der Waals surface area contributed by atoms with Crippen LogP contribution in [0.3, 0.4) is 0 Å². The van der Waals surface area contributed by atoms with E-state index in [2.05, 4.69) is 20.9 Å². The second-order valence-electron chi connectivity index (χ2n) is 3.02. The lowest BCUT2D eigenvalue weighted by Crippen LogP contribution is -2.24. The van der Waals surface area contributed by atoms with Gasteiger partial charge in [-0.3, -0.25) is 9.78 Å². The van der Waals surface area contributed by atoms with Gasteiger partial charge in [-0.1, -0.05) is 22.0 Å². The Morgan fingerprint density at radius 3 is 2.58 bits per heavy atom. The second-order valence-corrected chi connectivity index (χ2v) is 5.00. The highest BCUT2D eigenvalue weighted by atomic mass is 79.9. The van der Waals surface area contributed by atoms with Crippen molar-refractivity contribution in [2.45, 2.75) is 18.2 Å². The highest BCUT2D eigenvalue weighted by Gasteiger charge is 2.25. The first-order chi connectivity index (χ1) is 5.52. The van der Waals surface area contributed by atoms with Gasteiger partial charge < -0.3 is 0 Å². The lowest BCUT2D eigenvalue weighted by molar-refractivity contribution is 0.0956. The van der Waals surface area contributed by atoms with Gasteiger partial charge in [0.25, 0.3) is 0 Å². The molecule has 0 aromatic carbocycles.